The van der Waals surface area contributed by atoms with Gasteiger partial charge in [0.25, 0.3) is 5.91 Å². The van der Waals surface area contributed by atoms with Crippen LogP contribution >= 0.6 is 12.4 Å². The standard InChI is InChI=1S/C21H24FN3O3.ClH/c22-18-4-2-1-3-16(18)13-24-20(26)15-5-7-17(8-6-15)25-21(27)19(23)14-9-11-28-12-10-14;/h1-8,14,19H,9-13,23H2,(H,24,26)(H,25,27);1H. The van der Waals surface area contributed by atoms with Gasteiger partial charge in [-0.3, -0.25) is 9.59 Å². The third-order valence-electron chi connectivity index (χ3n) is 4.89. The first-order valence-electron chi connectivity index (χ1n) is 9.30. The van der Waals surface area contributed by atoms with E-state index in [1.807, 2.05) is 0 Å². The van der Waals surface area contributed by atoms with Gasteiger partial charge in [0.2, 0.25) is 5.91 Å². The maximum Gasteiger partial charge on any atom is 0.251 e. The first-order chi connectivity index (χ1) is 13.5. The molecule has 1 aliphatic heterocycles. The molecular weight excluding hydrogens is 397 g/mol. The van der Waals surface area contributed by atoms with E-state index in [4.69, 9.17) is 10.5 Å². The number of hydrogen-bond acceptors (Lipinski definition) is 4. The number of carbonyl (C=O) groups excluding carboxylic acids is 2. The lowest BCUT2D eigenvalue weighted by Crippen LogP contribution is -2.44. The summed E-state index contributed by atoms with van der Waals surface area (Å²) >= 11 is 0. The SMILES string of the molecule is Cl.NC(C(=O)Nc1ccc(C(=O)NCc2ccccc2F)cc1)C1CCOCC1. The minimum Gasteiger partial charge on any atom is -0.381 e. The van der Waals surface area contributed by atoms with Crippen molar-refractivity contribution >= 4 is 29.9 Å². The Balaban J connectivity index is 0.00000300. The first kappa shape index (κ1) is 22.8. The Morgan fingerprint density at radius 2 is 1.76 bits per heavy atom. The van der Waals surface area contributed by atoms with Crippen LogP contribution in [0.4, 0.5) is 10.1 Å². The molecule has 6 nitrogen and oxygen atoms in total. The molecule has 156 valence electrons. The molecular formula is C21H25ClFN3O3. The lowest BCUT2D eigenvalue weighted by atomic mass is 9.92. The number of amides is 2. The van der Waals surface area contributed by atoms with Gasteiger partial charge in [-0.05, 0) is 49.1 Å². The molecule has 0 radical (unpaired) electrons. The number of hydrogen-bond donors (Lipinski definition) is 3. The fourth-order valence-electron chi connectivity index (χ4n) is 3.14. The number of benzene rings is 2. The second kappa shape index (κ2) is 10.9. The molecule has 2 amide bonds. The zero-order chi connectivity index (χ0) is 19.9. The average Bonchev–Trinajstić information content (AvgIpc) is 2.73. The summed E-state index contributed by atoms with van der Waals surface area (Å²) in [4.78, 5) is 24.6. The maximum absolute atomic E-state index is 13.6. The van der Waals surface area contributed by atoms with Crippen LogP contribution in [0, 0.1) is 11.7 Å². The highest BCUT2D eigenvalue weighted by atomic mass is 35.5. The molecule has 1 saturated heterocycles. The number of nitrogens with one attached hydrogen (secondary N) is 2. The zero-order valence-corrected chi connectivity index (χ0v) is 16.7. The van der Waals surface area contributed by atoms with E-state index in [2.05, 4.69) is 10.6 Å². The van der Waals surface area contributed by atoms with Gasteiger partial charge in [0.05, 0.1) is 6.04 Å². The highest BCUT2D eigenvalue weighted by Gasteiger charge is 2.26. The maximum atomic E-state index is 13.6. The summed E-state index contributed by atoms with van der Waals surface area (Å²) in [6, 6.07) is 12.2. The number of anilines is 1. The predicted molar refractivity (Wildman–Crippen MR) is 111 cm³/mol. The largest absolute Gasteiger partial charge is 0.381 e. The molecule has 1 aliphatic rings. The van der Waals surface area contributed by atoms with Gasteiger partial charge in [0.1, 0.15) is 5.82 Å². The van der Waals surface area contributed by atoms with E-state index in [0.29, 0.717) is 30.0 Å². The Morgan fingerprint density at radius 1 is 1.10 bits per heavy atom. The van der Waals surface area contributed by atoms with Crippen molar-refractivity contribution in [2.75, 3.05) is 18.5 Å². The first-order valence-corrected chi connectivity index (χ1v) is 9.30. The van der Waals surface area contributed by atoms with E-state index in [-0.39, 0.29) is 42.5 Å². The third-order valence-corrected chi connectivity index (χ3v) is 4.89. The highest BCUT2D eigenvalue weighted by molar-refractivity contribution is 5.97. The van der Waals surface area contributed by atoms with Gasteiger partial charge in [-0.15, -0.1) is 12.4 Å². The lowest BCUT2D eigenvalue weighted by Gasteiger charge is -2.26. The van der Waals surface area contributed by atoms with E-state index in [1.165, 1.54) is 6.07 Å². The fraction of sp³-hybridized carbons (Fsp3) is 0.333. The monoisotopic (exact) mass is 421 g/mol. The summed E-state index contributed by atoms with van der Waals surface area (Å²) in [5.74, 6) is -0.817. The Bertz CT molecular complexity index is 826. The number of carbonyl (C=O) groups is 2. The number of ether oxygens (including phenoxy) is 1. The van der Waals surface area contributed by atoms with Crippen LogP contribution < -0.4 is 16.4 Å². The molecule has 2 aromatic rings. The molecule has 0 aliphatic carbocycles. The van der Waals surface area contributed by atoms with Crippen molar-refractivity contribution in [3.05, 3.63) is 65.5 Å². The van der Waals surface area contributed by atoms with Gasteiger partial charge in [0, 0.05) is 36.6 Å². The van der Waals surface area contributed by atoms with Gasteiger partial charge in [-0.1, -0.05) is 18.2 Å². The van der Waals surface area contributed by atoms with Crippen molar-refractivity contribution in [2.24, 2.45) is 11.7 Å². The lowest BCUT2D eigenvalue weighted by molar-refractivity contribution is -0.119. The van der Waals surface area contributed by atoms with Crippen LogP contribution in [0.25, 0.3) is 0 Å². The number of nitrogens with two attached hydrogens (primary N) is 1. The molecule has 1 heterocycles. The molecule has 4 N–H and O–H groups in total. The highest BCUT2D eigenvalue weighted by Crippen LogP contribution is 2.19. The van der Waals surface area contributed by atoms with E-state index in [9.17, 15) is 14.0 Å². The van der Waals surface area contributed by atoms with E-state index in [1.54, 1.807) is 42.5 Å². The topological polar surface area (TPSA) is 93.5 Å². The Kier molecular flexibility index (Phi) is 8.57. The minimum atomic E-state index is -0.590. The molecule has 1 unspecified atom stereocenters. The molecule has 1 fully saturated rings. The van der Waals surface area contributed by atoms with Gasteiger partial charge in [-0.25, -0.2) is 4.39 Å². The van der Waals surface area contributed by atoms with Gasteiger partial charge in [-0.2, -0.15) is 0 Å². The fourth-order valence-corrected chi connectivity index (χ4v) is 3.14. The van der Waals surface area contributed by atoms with Crippen LogP contribution in [-0.2, 0) is 16.1 Å². The summed E-state index contributed by atoms with van der Waals surface area (Å²) in [5.41, 5.74) is 7.47. The van der Waals surface area contributed by atoms with Crippen LogP contribution in [0.3, 0.4) is 0 Å². The second-order valence-electron chi connectivity index (χ2n) is 6.82. The van der Waals surface area contributed by atoms with E-state index in [0.717, 1.165) is 12.8 Å². The van der Waals surface area contributed by atoms with Crippen molar-refractivity contribution in [3.63, 3.8) is 0 Å². The van der Waals surface area contributed by atoms with Crippen LogP contribution in [0.15, 0.2) is 48.5 Å². The molecule has 0 spiro atoms. The summed E-state index contributed by atoms with van der Waals surface area (Å²) < 4.78 is 18.9. The minimum absolute atomic E-state index is 0. The van der Waals surface area contributed by atoms with Crippen LogP contribution in [0.1, 0.15) is 28.8 Å². The molecule has 29 heavy (non-hydrogen) atoms. The average molecular weight is 422 g/mol. The van der Waals surface area contributed by atoms with E-state index >= 15 is 0 Å². The summed E-state index contributed by atoms with van der Waals surface area (Å²) in [7, 11) is 0. The van der Waals surface area contributed by atoms with Crippen LogP contribution in [0.2, 0.25) is 0 Å². The normalized spacial score (nSPS) is 15.1. The van der Waals surface area contributed by atoms with Crippen molar-refractivity contribution in [2.45, 2.75) is 25.4 Å². The summed E-state index contributed by atoms with van der Waals surface area (Å²) in [6.45, 7) is 1.36. The number of halogens is 2. The van der Waals surface area contributed by atoms with E-state index < -0.39 is 6.04 Å². The van der Waals surface area contributed by atoms with Crippen molar-refractivity contribution < 1.29 is 18.7 Å². The molecule has 0 bridgehead atoms. The van der Waals surface area contributed by atoms with Gasteiger partial charge >= 0.3 is 0 Å². The molecule has 3 rings (SSSR count). The summed E-state index contributed by atoms with van der Waals surface area (Å²) in [5, 5.41) is 5.46. The summed E-state index contributed by atoms with van der Waals surface area (Å²) in [6.07, 6.45) is 1.55. The second-order valence-corrected chi connectivity index (χ2v) is 6.82. The zero-order valence-electron chi connectivity index (χ0n) is 15.9. The Labute approximate surface area is 175 Å². The molecule has 2 aromatic carbocycles. The number of rotatable bonds is 6. The van der Waals surface area contributed by atoms with Gasteiger partial charge < -0.3 is 21.1 Å². The third kappa shape index (κ3) is 6.25. The van der Waals surface area contributed by atoms with Crippen molar-refractivity contribution in [1.82, 2.24) is 5.32 Å². The van der Waals surface area contributed by atoms with Crippen molar-refractivity contribution in [1.29, 1.82) is 0 Å². The van der Waals surface area contributed by atoms with Gasteiger partial charge in [0.15, 0.2) is 0 Å². The molecule has 8 heteroatoms. The quantitative estimate of drug-likeness (QED) is 0.668. The smallest absolute Gasteiger partial charge is 0.251 e. The Morgan fingerprint density at radius 3 is 2.41 bits per heavy atom. The van der Waals surface area contributed by atoms with Crippen LogP contribution in [-0.4, -0.2) is 31.1 Å². The molecule has 0 aromatic heterocycles. The predicted octanol–water partition coefficient (Wildman–Crippen LogP) is 2.87. The molecule has 0 saturated carbocycles. The Hall–Kier alpha value is -2.48. The molecule has 1 atom stereocenters. The van der Waals surface area contributed by atoms with Crippen LogP contribution in [0.5, 0.6) is 0 Å². The van der Waals surface area contributed by atoms with Crippen molar-refractivity contribution in [3.8, 4) is 0 Å².